The number of hydrogen-bond donors (Lipinski definition) is 1. The van der Waals surface area contributed by atoms with Gasteiger partial charge in [0.25, 0.3) is 11.8 Å². The van der Waals surface area contributed by atoms with Crippen LogP contribution in [0.5, 0.6) is 5.75 Å². The second-order valence-corrected chi connectivity index (χ2v) is 11.7. The van der Waals surface area contributed by atoms with Gasteiger partial charge < -0.3 is 15.0 Å². The first-order valence-corrected chi connectivity index (χ1v) is 14.3. The summed E-state index contributed by atoms with van der Waals surface area (Å²) in [6.45, 7) is 5.16. The maximum Gasteiger partial charge on any atom is 0.268 e. The van der Waals surface area contributed by atoms with E-state index < -0.39 is 16.1 Å². The Balaban J connectivity index is 1.35. The normalized spacial score (nSPS) is 18.0. The van der Waals surface area contributed by atoms with E-state index in [0.717, 1.165) is 30.4 Å². The fraction of sp³-hybridized carbons (Fsp3) is 0.310. The van der Waals surface area contributed by atoms with Gasteiger partial charge in [0.2, 0.25) is 10.0 Å². The van der Waals surface area contributed by atoms with Crippen molar-refractivity contribution in [3.8, 4) is 5.75 Å². The molecular formula is C29H31N3O5S. The van der Waals surface area contributed by atoms with Crippen molar-refractivity contribution in [2.45, 2.75) is 50.7 Å². The number of amides is 2. The minimum atomic E-state index is -3.57. The van der Waals surface area contributed by atoms with E-state index in [2.05, 4.69) is 5.32 Å². The van der Waals surface area contributed by atoms with E-state index in [1.54, 1.807) is 30.0 Å². The summed E-state index contributed by atoms with van der Waals surface area (Å²) in [6.07, 6.45) is 2.14. The van der Waals surface area contributed by atoms with Crippen LogP contribution < -0.4 is 15.0 Å². The Bertz CT molecular complexity index is 1460. The summed E-state index contributed by atoms with van der Waals surface area (Å²) < 4.78 is 33.1. The summed E-state index contributed by atoms with van der Waals surface area (Å²) in [7, 11) is -3.57. The predicted octanol–water partition coefficient (Wildman–Crippen LogP) is 4.74. The van der Waals surface area contributed by atoms with Gasteiger partial charge in [-0.3, -0.25) is 9.59 Å². The predicted molar refractivity (Wildman–Crippen MR) is 146 cm³/mol. The van der Waals surface area contributed by atoms with Crippen molar-refractivity contribution in [1.82, 2.24) is 4.31 Å². The van der Waals surface area contributed by atoms with Gasteiger partial charge >= 0.3 is 0 Å². The Hall–Kier alpha value is -3.69. The number of piperidine rings is 1. The zero-order chi connectivity index (χ0) is 26.9. The number of sulfonamides is 1. The van der Waals surface area contributed by atoms with Crippen LogP contribution in [0.15, 0.2) is 71.6 Å². The van der Waals surface area contributed by atoms with Crippen LogP contribution >= 0.6 is 0 Å². The zero-order valence-electron chi connectivity index (χ0n) is 21.5. The monoisotopic (exact) mass is 533 g/mol. The topological polar surface area (TPSA) is 96.0 Å². The number of hydrogen-bond acceptors (Lipinski definition) is 5. The minimum absolute atomic E-state index is 0.158. The molecule has 0 radical (unpaired) electrons. The number of nitrogens with zero attached hydrogens (tertiary/aromatic N) is 2. The Labute approximate surface area is 223 Å². The van der Waals surface area contributed by atoms with E-state index in [4.69, 9.17) is 4.74 Å². The molecule has 9 heteroatoms. The van der Waals surface area contributed by atoms with Gasteiger partial charge in [0.05, 0.1) is 17.1 Å². The van der Waals surface area contributed by atoms with Crippen molar-refractivity contribution in [1.29, 1.82) is 0 Å². The highest BCUT2D eigenvalue weighted by Gasteiger charge is 2.32. The summed E-state index contributed by atoms with van der Waals surface area (Å²) >= 11 is 0. The first-order valence-electron chi connectivity index (χ1n) is 12.8. The number of carbonyl (C=O) groups is 2. The Morgan fingerprint density at radius 2 is 1.71 bits per heavy atom. The molecule has 3 aromatic carbocycles. The lowest BCUT2D eigenvalue weighted by Gasteiger charge is -2.33. The van der Waals surface area contributed by atoms with Crippen LogP contribution in [-0.2, 0) is 21.4 Å². The first kappa shape index (κ1) is 25.9. The van der Waals surface area contributed by atoms with E-state index in [0.29, 0.717) is 42.3 Å². The molecule has 1 saturated heterocycles. The zero-order valence-corrected chi connectivity index (χ0v) is 22.3. The minimum Gasteiger partial charge on any atom is -0.479 e. The molecule has 8 nitrogen and oxygen atoms in total. The molecule has 1 unspecified atom stereocenters. The fourth-order valence-corrected chi connectivity index (χ4v) is 6.36. The van der Waals surface area contributed by atoms with E-state index >= 15 is 0 Å². The third kappa shape index (κ3) is 5.16. The number of rotatable bonds is 6. The van der Waals surface area contributed by atoms with Gasteiger partial charge in [-0.2, -0.15) is 4.31 Å². The van der Waals surface area contributed by atoms with Crippen molar-refractivity contribution in [3.63, 3.8) is 0 Å². The Morgan fingerprint density at radius 3 is 2.42 bits per heavy atom. The molecule has 1 N–H and O–H groups in total. The van der Waals surface area contributed by atoms with Crippen LogP contribution in [0.4, 0.5) is 11.4 Å². The quantitative estimate of drug-likeness (QED) is 0.494. The average molecular weight is 534 g/mol. The lowest BCUT2D eigenvalue weighted by molar-refractivity contribution is -0.125. The molecule has 38 heavy (non-hydrogen) atoms. The lowest BCUT2D eigenvalue weighted by Crippen LogP contribution is -2.44. The van der Waals surface area contributed by atoms with Gasteiger partial charge in [0.1, 0.15) is 5.75 Å². The van der Waals surface area contributed by atoms with Gasteiger partial charge in [0, 0.05) is 24.3 Å². The number of anilines is 2. The molecule has 3 aromatic rings. The molecule has 0 aliphatic carbocycles. The molecule has 2 amide bonds. The second kappa shape index (κ2) is 10.6. The highest BCUT2D eigenvalue weighted by Crippen LogP contribution is 2.37. The van der Waals surface area contributed by atoms with Gasteiger partial charge in [-0.05, 0) is 80.3 Å². The van der Waals surface area contributed by atoms with E-state index in [1.165, 1.54) is 28.6 Å². The molecule has 198 valence electrons. The van der Waals surface area contributed by atoms with Crippen molar-refractivity contribution < 1.29 is 22.7 Å². The van der Waals surface area contributed by atoms with Crippen LogP contribution in [0.25, 0.3) is 0 Å². The molecule has 1 atom stereocenters. The van der Waals surface area contributed by atoms with Crippen LogP contribution in [-0.4, -0.2) is 43.7 Å². The van der Waals surface area contributed by atoms with Crippen molar-refractivity contribution >= 4 is 33.2 Å². The highest BCUT2D eigenvalue weighted by atomic mass is 32.2. The Morgan fingerprint density at radius 1 is 1.00 bits per heavy atom. The van der Waals surface area contributed by atoms with Crippen molar-refractivity contribution in [3.05, 3.63) is 83.4 Å². The molecule has 2 aliphatic heterocycles. The largest absolute Gasteiger partial charge is 0.479 e. The molecule has 5 rings (SSSR count). The van der Waals surface area contributed by atoms with Crippen molar-refractivity contribution in [2.75, 3.05) is 23.3 Å². The number of aryl methyl sites for hydroxylation is 1. The molecule has 0 aromatic heterocycles. The number of ether oxygens (including phenoxy) is 1. The summed E-state index contributed by atoms with van der Waals surface area (Å²) in [5, 5.41) is 2.86. The maximum atomic E-state index is 13.0. The fourth-order valence-electron chi connectivity index (χ4n) is 4.84. The van der Waals surface area contributed by atoms with Crippen LogP contribution in [0, 0.1) is 6.92 Å². The van der Waals surface area contributed by atoms with Gasteiger partial charge in [-0.25, -0.2) is 8.42 Å². The number of carbonyl (C=O) groups excluding carboxylic acids is 2. The summed E-state index contributed by atoms with van der Waals surface area (Å²) in [5.74, 6) is 0.0273. The SMILES string of the molecule is Cc1ccccc1CN1C(=O)C(C)Oc2ccc(NC(=O)c3ccc(S(=O)(=O)N4CCCCC4)cc3)cc21. The maximum absolute atomic E-state index is 13.0. The smallest absolute Gasteiger partial charge is 0.268 e. The van der Waals surface area contributed by atoms with Crippen LogP contribution in [0.2, 0.25) is 0 Å². The van der Waals surface area contributed by atoms with Gasteiger partial charge in [-0.15, -0.1) is 0 Å². The van der Waals surface area contributed by atoms with Gasteiger partial charge in [0.15, 0.2) is 6.10 Å². The summed E-state index contributed by atoms with van der Waals surface area (Å²) in [4.78, 5) is 27.9. The molecule has 0 spiro atoms. The average Bonchev–Trinajstić information content (AvgIpc) is 2.93. The number of benzene rings is 3. The van der Waals surface area contributed by atoms with E-state index in [-0.39, 0.29) is 16.7 Å². The van der Waals surface area contributed by atoms with E-state index in [1.807, 2.05) is 31.2 Å². The second-order valence-electron chi connectivity index (χ2n) is 9.74. The Kier molecular flexibility index (Phi) is 7.23. The lowest BCUT2D eigenvalue weighted by atomic mass is 10.1. The van der Waals surface area contributed by atoms with E-state index in [9.17, 15) is 18.0 Å². The summed E-state index contributed by atoms with van der Waals surface area (Å²) in [5.41, 5.74) is 3.51. The molecule has 0 bridgehead atoms. The summed E-state index contributed by atoms with van der Waals surface area (Å²) in [6, 6.07) is 19.1. The van der Waals surface area contributed by atoms with Gasteiger partial charge in [-0.1, -0.05) is 30.7 Å². The highest BCUT2D eigenvalue weighted by molar-refractivity contribution is 7.89. The first-order chi connectivity index (χ1) is 18.2. The van der Waals surface area contributed by atoms with Crippen LogP contribution in [0.3, 0.4) is 0 Å². The number of nitrogens with one attached hydrogen (secondary N) is 1. The van der Waals surface area contributed by atoms with Crippen molar-refractivity contribution in [2.24, 2.45) is 0 Å². The molecule has 0 saturated carbocycles. The molecule has 2 heterocycles. The third-order valence-corrected chi connectivity index (χ3v) is 9.00. The molecular weight excluding hydrogens is 502 g/mol. The standard InChI is InChI=1S/C29H31N3O5S/c1-20-8-4-5-9-23(20)19-32-26-18-24(12-15-27(26)37-21(2)29(32)34)30-28(33)22-10-13-25(14-11-22)38(35,36)31-16-6-3-7-17-31/h4-5,8-15,18,21H,3,6-7,16-17,19H2,1-2H3,(H,30,33). The van der Waals surface area contributed by atoms with Crippen LogP contribution in [0.1, 0.15) is 47.7 Å². The molecule has 2 aliphatic rings. The number of fused-ring (bicyclic) bond motifs is 1. The third-order valence-electron chi connectivity index (χ3n) is 7.08. The molecule has 1 fully saturated rings.